The highest BCUT2D eigenvalue weighted by Gasteiger charge is 2.01. The average Bonchev–Trinajstić information content (AvgIpc) is 2.34. The molecule has 0 spiro atoms. The van der Waals surface area contributed by atoms with Gasteiger partial charge in [0.05, 0.1) is 18.6 Å². The van der Waals surface area contributed by atoms with Gasteiger partial charge in [0, 0.05) is 19.8 Å². The predicted molar refractivity (Wildman–Crippen MR) is 41.2 cm³/mol. The van der Waals surface area contributed by atoms with Gasteiger partial charge in [-0.15, -0.1) is 0 Å². The Labute approximate surface area is 66.0 Å². The third kappa shape index (κ3) is 2.03. The Hall–Kier alpha value is -0.870. The van der Waals surface area contributed by atoms with Crippen LogP contribution in [0.15, 0.2) is 12.5 Å². The highest BCUT2D eigenvalue weighted by Crippen LogP contribution is 2.00. The van der Waals surface area contributed by atoms with E-state index in [0.717, 1.165) is 17.3 Å². The van der Waals surface area contributed by atoms with Crippen LogP contribution in [0.4, 0.5) is 0 Å². The van der Waals surface area contributed by atoms with Gasteiger partial charge < -0.3 is 9.77 Å². The van der Waals surface area contributed by atoms with Crippen molar-refractivity contribution in [3.63, 3.8) is 0 Å². The van der Waals surface area contributed by atoms with Gasteiger partial charge in [-0.25, -0.2) is 4.98 Å². The van der Waals surface area contributed by atoms with Gasteiger partial charge in [0.15, 0.2) is 0 Å². The Balaban J connectivity index is 2.68. The van der Waals surface area contributed by atoms with Crippen molar-refractivity contribution in [2.24, 2.45) is 0 Å². The fourth-order valence-electron chi connectivity index (χ4n) is 0.999. The number of imidazole rings is 1. The molecule has 0 saturated heterocycles. The van der Waals surface area contributed by atoms with Crippen LogP contribution in [0.2, 0.25) is 0 Å². The fourth-order valence-corrected chi connectivity index (χ4v) is 0.999. The van der Waals surface area contributed by atoms with Gasteiger partial charge in [-0.1, -0.05) is 0 Å². The minimum atomic E-state index is 0.522. The Bertz CT molecular complexity index is 219. The smallest absolute Gasteiger partial charge is 0.0948 e. The summed E-state index contributed by atoms with van der Waals surface area (Å²) in [5.41, 5.74) is 1.03. The van der Waals surface area contributed by atoms with Gasteiger partial charge in [0.2, 0.25) is 0 Å². The highest BCUT2D eigenvalue weighted by atomic mass is 16.5. The van der Waals surface area contributed by atoms with Gasteiger partial charge in [0.25, 0.3) is 0 Å². The molecule has 0 atom stereocenters. The molecular formula is C7H13N3O. The Kier molecular flexibility index (Phi) is 2.62. The minimum absolute atomic E-state index is 0.522. The van der Waals surface area contributed by atoms with E-state index >= 15 is 0 Å². The van der Waals surface area contributed by atoms with E-state index in [1.54, 1.807) is 19.6 Å². The summed E-state index contributed by atoms with van der Waals surface area (Å²) in [7, 11) is 1.62. The second-order valence-corrected chi connectivity index (χ2v) is 2.49. The van der Waals surface area contributed by atoms with E-state index in [4.69, 9.17) is 5.21 Å². The van der Waals surface area contributed by atoms with Crippen molar-refractivity contribution in [2.45, 2.75) is 20.0 Å². The summed E-state index contributed by atoms with van der Waals surface area (Å²) in [6.45, 7) is 3.46. The lowest BCUT2D eigenvalue weighted by atomic mass is 10.4. The molecule has 11 heavy (non-hydrogen) atoms. The monoisotopic (exact) mass is 155 g/mol. The molecule has 1 rings (SSSR count). The quantitative estimate of drug-likeness (QED) is 0.654. The molecule has 0 saturated carbocycles. The molecule has 0 unspecified atom stereocenters. The summed E-state index contributed by atoms with van der Waals surface area (Å²) in [5.74, 6) is 0. The number of nitrogens with zero attached hydrogens (tertiary/aromatic N) is 3. The van der Waals surface area contributed by atoms with Crippen LogP contribution in [0.5, 0.6) is 0 Å². The standard InChI is InChI=1S/C7H13N3O/c1-3-10-6-8-4-7(10)5-9(2)11/h4,6,11H,3,5H2,1-2H3. The van der Waals surface area contributed by atoms with Crippen molar-refractivity contribution in [2.75, 3.05) is 7.05 Å². The van der Waals surface area contributed by atoms with E-state index in [-0.39, 0.29) is 0 Å². The molecule has 0 amide bonds. The molecule has 62 valence electrons. The normalized spacial score (nSPS) is 10.9. The molecule has 0 aliphatic rings. The van der Waals surface area contributed by atoms with Gasteiger partial charge in [-0.05, 0) is 6.92 Å². The summed E-state index contributed by atoms with van der Waals surface area (Å²) < 4.78 is 1.99. The molecule has 0 aromatic carbocycles. The SMILES string of the molecule is CCn1cncc1CN(C)O. The molecule has 0 fully saturated rings. The maximum absolute atomic E-state index is 8.94. The van der Waals surface area contributed by atoms with E-state index in [1.165, 1.54) is 0 Å². The zero-order chi connectivity index (χ0) is 8.27. The lowest BCUT2D eigenvalue weighted by Crippen LogP contribution is -2.14. The van der Waals surface area contributed by atoms with E-state index in [9.17, 15) is 0 Å². The Morgan fingerprint density at radius 3 is 3.00 bits per heavy atom. The van der Waals surface area contributed by atoms with Crippen LogP contribution in [0.1, 0.15) is 12.6 Å². The average molecular weight is 155 g/mol. The lowest BCUT2D eigenvalue weighted by Gasteiger charge is -2.08. The topological polar surface area (TPSA) is 41.3 Å². The van der Waals surface area contributed by atoms with Crippen LogP contribution in [0.3, 0.4) is 0 Å². The van der Waals surface area contributed by atoms with E-state index < -0.39 is 0 Å². The van der Waals surface area contributed by atoms with Gasteiger partial charge in [-0.3, -0.25) is 0 Å². The minimum Gasteiger partial charge on any atom is -0.334 e. The number of hydrogen-bond acceptors (Lipinski definition) is 3. The van der Waals surface area contributed by atoms with Crippen molar-refractivity contribution in [1.82, 2.24) is 14.6 Å². The first-order chi connectivity index (χ1) is 5.24. The van der Waals surface area contributed by atoms with E-state index in [1.807, 2.05) is 11.5 Å². The molecule has 0 aliphatic heterocycles. The predicted octanol–water partition coefficient (Wildman–Crippen LogP) is 0.724. The molecule has 0 radical (unpaired) electrons. The second kappa shape index (κ2) is 3.50. The maximum Gasteiger partial charge on any atom is 0.0948 e. The Morgan fingerprint density at radius 1 is 1.73 bits per heavy atom. The zero-order valence-corrected chi connectivity index (χ0v) is 6.86. The second-order valence-electron chi connectivity index (χ2n) is 2.49. The van der Waals surface area contributed by atoms with Crippen LogP contribution in [0.25, 0.3) is 0 Å². The molecule has 1 N–H and O–H groups in total. The number of hydrogen-bond donors (Lipinski definition) is 1. The first kappa shape index (κ1) is 8.23. The lowest BCUT2D eigenvalue weighted by molar-refractivity contribution is -0.0747. The summed E-state index contributed by atoms with van der Waals surface area (Å²) in [6.07, 6.45) is 3.52. The van der Waals surface area contributed by atoms with Crippen molar-refractivity contribution in [3.8, 4) is 0 Å². The van der Waals surface area contributed by atoms with Gasteiger partial charge >= 0.3 is 0 Å². The molecule has 4 nitrogen and oxygen atoms in total. The van der Waals surface area contributed by atoms with E-state index in [2.05, 4.69) is 4.98 Å². The zero-order valence-electron chi connectivity index (χ0n) is 6.86. The largest absolute Gasteiger partial charge is 0.334 e. The molecule has 1 aromatic heterocycles. The van der Waals surface area contributed by atoms with Crippen LogP contribution in [-0.2, 0) is 13.1 Å². The molecule has 1 heterocycles. The van der Waals surface area contributed by atoms with Crippen molar-refractivity contribution in [1.29, 1.82) is 0 Å². The molecule has 4 heteroatoms. The summed E-state index contributed by atoms with van der Waals surface area (Å²) >= 11 is 0. The maximum atomic E-state index is 8.94. The first-order valence-corrected chi connectivity index (χ1v) is 3.63. The number of hydroxylamine groups is 2. The summed E-state index contributed by atoms with van der Waals surface area (Å²) in [5, 5.41) is 10.1. The van der Waals surface area contributed by atoms with E-state index in [0.29, 0.717) is 6.54 Å². The third-order valence-electron chi connectivity index (χ3n) is 1.53. The van der Waals surface area contributed by atoms with Crippen LogP contribution < -0.4 is 0 Å². The van der Waals surface area contributed by atoms with Crippen LogP contribution in [-0.4, -0.2) is 26.9 Å². The number of aryl methyl sites for hydroxylation is 1. The number of aromatic nitrogens is 2. The molecular weight excluding hydrogens is 142 g/mol. The summed E-state index contributed by atoms with van der Waals surface area (Å²) in [4.78, 5) is 3.97. The van der Waals surface area contributed by atoms with Crippen LogP contribution in [0, 0.1) is 0 Å². The first-order valence-electron chi connectivity index (χ1n) is 3.63. The fraction of sp³-hybridized carbons (Fsp3) is 0.571. The summed E-state index contributed by atoms with van der Waals surface area (Å²) in [6, 6.07) is 0. The third-order valence-corrected chi connectivity index (χ3v) is 1.53. The van der Waals surface area contributed by atoms with Crippen molar-refractivity contribution >= 4 is 0 Å². The number of rotatable bonds is 3. The highest BCUT2D eigenvalue weighted by molar-refractivity contribution is 4.96. The van der Waals surface area contributed by atoms with Crippen molar-refractivity contribution < 1.29 is 5.21 Å². The molecule has 0 bridgehead atoms. The van der Waals surface area contributed by atoms with Gasteiger partial charge in [-0.2, -0.15) is 5.06 Å². The molecule has 0 aliphatic carbocycles. The van der Waals surface area contributed by atoms with Crippen molar-refractivity contribution in [3.05, 3.63) is 18.2 Å². The van der Waals surface area contributed by atoms with Gasteiger partial charge in [0.1, 0.15) is 0 Å². The van der Waals surface area contributed by atoms with Crippen LogP contribution >= 0.6 is 0 Å². The Morgan fingerprint density at radius 2 is 2.45 bits per heavy atom. The molecule has 1 aromatic rings.